The number of nitrogens with zero attached hydrogens (tertiary/aromatic N) is 1. The molecule has 5 heteroatoms. The molecule has 1 aromatic heterocycles. The van der Waals surface area contributed by atoms with Gasteiger partial charge in [-0.3, -0.25) is 0 Å². The van der Waals surface area contributed by atoms with Gasteiger partial charge in [-0.15, -0.1) is 0 Å². The van der Waals surface area contributed by atoms with E-state index in [9.17, 15) is 8.78 Å². The van der Waals surface area contributed by atoms with Crippen LogP contribution in [0.5, 0.6) is 0 Å². The van der Waals surface area contributed by atoms with E-state index < -0.39 is 11.6 Å². The van der Waals surface area contributed by atoms with Crippen LogP contribution in [0.3, 0.4) is 0 Å². The number of nitrogens with two attached hydrogens (primary N) is 1. The molecule has 0 aliphatic rings. The number of rotatable bonds is 0. The van der Waals surface area contributed by atoms with Crippen LogP contribution in [0.4, 0.5) is 14.8 Å². The minimum atomic E-state index is -0.773. The fourth-order valence-electron chi connectivity index (χ4n) is 0.974. The van der Waals surface area contributed by atoms with E-state index in [4.69, 9.17) is 10.2 Å². The molecule has 2 N–H and O–H groups in total. The molecule has 0 aliphatic heterocycles. The van der Waals surface area contributed by atoms with Gasteiger partial charge in [0.25, 0.3) is 6.01 Å². The summed E-state index contributed by atoms with van der Waals surface area (Å²) in [5, 5.41) is 0. The van der Waals surface area contributed by atoms with Crippen molar-refractivity contribution in [2.24, 2.45) is 0 Å². The first-order valence-corrected chi connectivity index (χ1v) is 3.18. The maximum absolute atomic E-state index is 12.8. The molecule has 0 amide bonds. The molecule has 0 saturated carbocycles. The van der Waals surface area contributed by atoms with Crippen molar-refractivity contribution >= 4 is 17.1 Å². The molecule has 0 unspecified atom stereocenters. The lowest BCUT2D eigenvalue weighted by molar-refractivity contribution is 0.581. The van der Waals surface area contributed by atoms with Crippen LogP contribution in [0, 0.1) is 11.6 Å². The maximum atomic E-state index is 12.8. The highest BCUT2D eigenvalue weighted by atomic mass is 19.1. The van der Waals surface area contributed by atoms with Gasteiger partial charge in [0.2, 0.25) is 0 Å². The number of fused-ring (bicyclic) bond motifs is 1. The molecule has 0 spiro atoms. The fourth-order valence-corrected chi connectivity index (χ4v) is 0.974. The summed E-state index contributed by atoms with van der Waals surface area (Å²) in [6.07, 6.45) is 0. The SMILES string of the molecule is Nc1nc2c(F)cc(F)cc2o1. The van der Waals surface area contributed by atoms with Crippen molar-refractivity contribution in [3.8, 4) is 0 Å². The van der Waals surface area contributed by atoms with E-state index in [2.05, 4.69) is 4.98 Å². The molecule has 2 aromatic rings. The summed E-state index contributed by atoms with van der Waals surface area (Å²) in [6, 6.07) is 1.58. The molecule has 0 radical (unpaired) electrons. The van der Waals surface area contributed by atoms with Gasteiger partial charge < -0.3 is 10.2 Å². The van der Waals surface area contributed by atoms with E-state index in [1.54, 1.807) is 0 Å². The van der Waals surface area contributed by atoms with Gasteiger partial charge in [0.05, 0.1) is 0 Å². The smallest absolute Gasteiger partial charge is 0.293 e. The Morgan fingerprint density at radius 3 is 2.83 bits per heavy atom. The summed E-state index contributed by atoms with van der Waals surface area (Å²) in [5.41, 5.74) is 5.11. The average molecular weight is 170 g/mol. The quantitative estimate of drug-likeness (QED) is 0.654. The number of hydrogen-bond acceptors (Lipinski definition) is 3. The predicted octanol–water partition coefficient (Wildman–Crippen LogP) is 1.69. The van der Waals surface area contributed by atoms with Crippen LogP contribution in [0.15, 0.2) is 16.5 Å². The third-order valence-electron chi connectivity index (χ3n) is 1.43. The van der Waals surface area contributed by atoms with Crippen molar-refractivity contribution < 1.29 is 13.2 Å². The van der Waals surface area contributed by atoms with Crippen molar-refractivity contribution in [3.63, 3.8) is 0 Å². The Morgan fingerprint density at radius 2 is 2.08 bits per heavy atom. The van der Waals surface area contributed by atoms with Crippen molar-refractivity contribution in [1.82, 2.24) is 4.98 Å². The Morgan fingerprint density at radius 1 is 1.33 bits per heavy atom. The van der Waals surface area contributed by atoms with Crippen LogP contribution in [-0.4, -0.2) is 4.98 Å². The van der Waals surface area contributed by atoms with Crippen molar-refractivity contribution in [2.75, 3.05) is 5.73 Å². The highest BCUT2D eigenvalue weighted by Gasteiger charge is 2.09. The Kier molecular flexibility index (Phi) is 1.27. The molecule has 0 atom stereocenters. The van der Waals surface area contributed by atoms with Crippen molar-refractivity contribution in [1.29, 1.82) is 0 Å². The lowest BCUT2D eigenvalue weighted by atomic mass is 10.3. The highest BCUT2D eigenvalue weighted by Crippen LogP contribution is 2.20. The number of halogens is 2. The zero-order chi connectivity index (χ0) is 8.72. The Bertz CT molecular complexity index is 438. The Balaban J connectivity index is 2.88. The molecular formula is C7H4F2N2O. The summed E-state index contributed by atoms with van der Waals surface area (Å²) >= 11 is 0. The first kappa shape index (κ1) is 7.02. The Labute approximate surface area is 65.8 Å². The van der Waals surface area contributed by atoms with Gasteiger partial charge in [-0.2, -0.15) is 4.98 Å². The van der Waals surface area contributed by atoms with Crippen LogP contribution in [0.25, 0.3) is 11.1 Å². The zero-order valence-corrected chi connectivity index (χ0v) is 5.84. The van der Waals surface area contributed by atoms with E-state index in [1.165, 1.54) is 0 Å². The lowest BCUT2D eigenvalue weighted by Gasteiger charge is -1.88. The molecule has 1 aromatic carbocycles. The van der Waals surface area contributed by atoms with Gasteiger partial charge in [-0.1, -0.05) is 0 Å². The topological polar surface area (TPSA) is 52.0 Å². The molecule has 2 rings (SSSR count). The first-order valence-electron chi connectivity index (χ1n) is 3.18. The second-order valence-electron chi connectivity index (χ2n) is 2.29. The molecule has 1 heterocycles. The van der Waals surface area contributed by atoms with Crippen LogP contribution < -0.4 is 5.73 Å². The summed E-state index contributed by atoms with van der Waals surface area (Å²) in [4.78, 5) is 3.52. The standard InChI is InChI=1S/C7H4F2N2O/c8-3-1-4(9)6-5(2-3)12-7(10)11-6/h1-2H,(H2,10,11). The third-order valence-corrected chi connectivity index (χ3v) is 1.43. The van der Waals surface area contributed by atoms with Crippen molar-refractivity contribution in [3.05, 3.63) is 23.8 Å². The second kappa shape index (κ2) is 2.17. The first-order chi connectivity index (χ1) is 5.66. The summed E-state index contributed by atoms with van der Waals surface area (Å²) in [7, 11) is 0. The van der Waals surface area contributed by atoms with Crippen LogP contribution in [-0.2, 0) is 0 Å². The fraction of sp³-hybridized carbons (Fsp3) is 0. The van der Waals surface area contributed by atoms with Crippen LogP contribution >= 0.6 is 0 Å². The molecular weight excluding hydrogens is 166 g/mol. The molecule has 12 heavy (non-hydrogen) atoms. The lowest BCUT2D eigenvalue weighted by Crippen LogP contribution is -1.83. The third kappa shape index (κ3) is 0.903. The molecule has 62 valence electrons. The van der Waals surface area contributed by atoms with E-state index in [1.807, 2.05) is 0 Å². The van der Waals surface area contributed by atoms with Gasteiger partial charge in [0, 0.05) is 12.1 Å². The predicted molar refractivity (Wildman–Crippen MR) is 38.3 cm³/mol. The highest BCUT2D eigenvalue weighted by molar-refractivity contribution is 5.74. The molecule has 0 bridgehead atoms. The largest absolute Gasteiger partial charge is 0.423 e. The van der Waals surface area contributed by atoms with E-state index >= 15 is 0 Å². The van der Waals surface area contributed by atoms with E-state index in [-0.39, 0.29) is 17.1 Å². The average Bonchev–Trinajstić information content (AvgIpc) is 2.29. The van der Waals surface area contributed by atoms with Gasteiger partial charge in [-0.25, -0.2) is 8.78 Å². The number of oxazole rings is 1. The van der Waals surface area contributed by atoms with Crippen molar-refractivity contribution in [2.45, 2.75) is 0 Å². The normalized spacial score (nSPS) is 10.8. The summed E-state index contributed by atoms with van der Waals surface area (Å²) in [5.74, 6) is -1.48. The van der Waals surface area contributed by atoms with Crippen LogP contribution in [0.1, 0.15) is 0 Å². The second-order valence-corrected chi connectivity index (χ2v) is 2.29. The minimum absolute atomic E-state index is 0.0185. The van der Waals surface area contributed by atoms with Gasteiger partial charge in [-0.05, 0) is 0 Å². The van der Waals surface area contributed by atoms with Gasteiger partial charge in [0.15, 0.2) is 11.4 Å². The number of benzene rings is 1. The Hall–Kier alpha value is -1.65. The van der Waals surface area contributed by atoms with Gasteiger partial charge in [0.1, 0.15) is 11.3 Å². The zero-order valence-electron chi connectivity index (χ0n) is 5.84. The molecule has 0 aliphatic carbocycles. The van der Waals surface area contributed by atoms with Gasteiger partial charge >= 0.3 is 0 Å². The monoisotopic (exact) mass is 170 g/mol. The van der Waals surface area contributed by atoms with E-state index in [0.29, 0.717) is 0 Å². The van der Waals surface area contributed by atoms with Crippen LogP contribution in [0.2, 0.25) is 0 Å². The number of aromatic nitrogens is 1. The molecule has 0 fully saturated rings. The van der Waals surface area contributed by atoms with E-state index in [0.717, 1.165) is 12.1 Å². The summed E-state index contributed by atoms with van der Waals surface area (Å²) in [6.45, 7) is 0. The molecule has 3 nitrogen and oxygen atoms in total. The number of nitrogen functional groups attached to an aromatic ring is 1. The number of hydrogen-bond donors (Lipinski definition) is 1. The minimum Gasteiger partial charge on any atom is -0.423 e. The summed E-state index contributed by atoms with van der Waals surface area (Å²) < 4.78 is 30.1. The number of anilines is 1. The maximum Gasteiger partial charge on any atom is 0.293 e. The molecule has 0 saturated heterocycles.